The molecule has 1 aromatic heterocycles. The maximum atomic E-state index is 12.5. The van der Waals surface area contributed by atoms with E-state index in [1.807, 2.05) is 53.2 Å². The quantitative estimate of drug-likeness (QED) is 0.696. The van der Waals surface area contributed by atoms with Gasteiger partial charge in [-0.25, -0.2) is 0 Å². The van der Waals surface area contributed by atoms with E-state index in [1.165, 1.54) is 0 Å². The van der Waals surface area contributed by atoms with E-state index in [4.69, 9.17) is 15.0 Å². The fourth-order valence-corrected chi connectivity index (χ4v) is 3.41. The predicted octanol–water partition coefficient (Wildman–Crippen LogP) is 3.93. The van der Waals surface area contributed by atoms with Crippen LogP contribution in [0.3, 0.4) is 0 Å². The molecule has 0 fully saturated rings. The molecule has 3 aromatic rings. The minimum atomic E-state index is 0.178. The Labute approximate surface area is 163 Å². The van der Waals surface area contributed by atoms with E-state index in [9.17, 15) is 5.21 Å². The summed E-state index contributed by atoms with van der Waals surface area (Å²) in [6, 6.07) is 19.2. The molecule has 0 atom stereocenters. The molecule has 0 unspecified atom stereocenters. The van der Waals surface area contributed by atoms with Gasteiger partial charge in [-0.05, 0) is 53.6 Å². The minimum absolute atomic E-state index is 0.178. The van der Waals surface area contributed by atoms with Gasteiger partial charge in [-0.1, -0.05) is 12.1 Å². The number of hydrogen-bond acceptors (Lipinski definition) is 5. The van der Waals surface area contributed by atoms with Crippen LogP contribution < -0.4 is 0 Å². The highest BCUT2D eigenvalue weighted by Gasteiger charge is 2.15. The normalized spacial score (nSPS) is 14.1. The number of aromatic nitrogens is 1. The van der Waals surface area contributed by atoms with Crippen molar-refractivity contribution in [1.82, 2.24) is 9.63 Å². The molecular formula is C22H19N4O2-. The number of methoxy groups -OCH3 is 1. The molecule has 4 rings (SSSR count). The summed E-state index contributed by atoms with van der Waals surface area (Å²) in [6.45, 7) is 0.946. The number of aliphatic imine (C=N–C) groups is 1. The van der Waals surface area contributed by atoms with E-state index in [0.717, 1.165) is 33.3 Å². The summed E-state index contributed by atoms with van der Waals surface area (Å²) < 4.78 is 7.30. The number of fused-ring (bicyclic) bond motifs is 1. The number of nitrogens with zero attached hydrogens (tertiary/aromatic N) is 4. The summed E-state index contributed by atoms with van der Waals surface area (Å²) in [5, 5.41) is 22.6. The Morgan fingerprint density at radius 1 is 1.14 bits per heavy atom. The monoisotopic (exact) mass is 371 g/mol. The van der Waals surface area contributed by atoms with Gasteiger partial charge in [0, 0.05) is 37.8 Å². The van der Waals surface area contributed by atoms with Crippen LogP contribution in [0.25, 0.3) is 5.69 Å². The van der Waals surface area contributed by atoms with Crippen molar-refractivity contribution in [3.63, 3.8) is 0 Å². The first-order valence-corrected chi connectivity index (χ1v) is 8.96. The SMILES string of the molecule is COCc1cccn1-c1ccc2c(c1)CN([O-])CC(c1cccc(C#N)c1)=N2. The van der Waals surface area contributed by atoms with Gasteiger partial charge in [-0.2, -0.15) is 5.26 Å². The van der Waals surface area contributed by atoms with E-state index in [1.54, 1.807) is 19.2 Å². The number of nitriles is 1. The summed E-state index contributed by atoms with van der Waals surface area (Å²) in [7, 11) is 1.67. The molecular weight excluding hydrogens is 352 g/mol. The molecule has 0 radical (unpaired) electrons. The second kappa shape index (κ2) is 7.79. The molecule has 2 heterocycles. The Balaban J connectivity index is 1.74. The lowest BCUT2D eigenvalue weighted by atomic mass is 10.1. The highest BCUT2D eigenvalue weighted by atomic mass is 16.5. The molecule has 0 spiro atoms. The van der Waals surface area contributed by atoms with Crippen molar-refractivity contribution >= 4 is 11.4 Å². The van der Waals surface area contributed by atoms with Gasteiger partial charge in [0.05, 0.1) is 29.6 Å². The van der Waals surface area contributed by atoms with Gasteiger partial charge < -0.3 is 19.6 Å². The first-order chi connectivity index (χ1) is 13.7. The summed E-state index contributed by atoms with van der Waals surface area (Å²) in [6.07, 6.45) is 1.98. The zero-order valence-electron chi connectivity index (χ0n) is 15.5. The summed E-state index contributed by atoms with van der Waals surface area (Å²) in [5.74, 6) is 0. The van der Waals surface area contributed by atoms with Crippen LogP contribution >= 0.6 is 0 Å². The van der Waals surface area contributed by atoms with E-state index < -0.39 is 0 Å². The third kappa shape index (κ3) is 3.59. The summed E-state index contributed by atoms with van der Waals surface area (Å²) in [5.41, 5.74) is 5.66. The number of ether oxygens (including phenoxy) is 1. The second-order valence-electron chi connectivity index (χ2n) is 6.66. The number of hydrogen-bond donors (Lipinski definition) is 0. The van der Waals surface area contributed by atoms with E-state index in [0.29, 0.717) is 17.9 Å². The third-order valence-electron chi connectivity index (χ3n) is 4.72. The van der Waals surface area contributed by atoms with Gasteiger partial charge in [-0.15, -0.1) is 0 Å². The van der Waals surface area contributed by atoms with Crippen LogP contribution in [0.4, 0.5) is 5.69 Å². The molecule has 0 saturated carbocycles. The third-order valence-corrected chi connectivity index (χ3v) is 4.72. The van der Waals surface area contributed by atoms with E-state index in [2.05, 4.69) is 6.07 Å². The summed E-state index contributed by atoms with van der Waals surface area (Å²) >= 11 is 0. The highest BCUT2D eigenvalue weighted by molar-refractivity contribution is 6.04. The topological polar surface area (TPSA) is 76.6 Å². The molecule has 2 aromatic carbocycles. The zero-order chi connectivity index (χ0) is 19.5. The summed E-state index contributed by atoms with van der Waals surface area (Å²) in [4.78, 5) is 4.75. The van der Waals surface area contributed by atoms with Crippen LogP contribution in [0, 0.1) is 16.5 Å². The molecule has 28 heavy (non-hydrogen) atoms. The molecule has 0 saturated heterocycles. The lowest BCUT2D eigenvalue weighted by molar-refractivity contribution is 0.180. The number of hydroxylamine groups is 2. The maximum absolute atomic E-state index is 12.5. The first-order valence-electron chi connectivity index (χ1n) is 8.96. The fourth-order valence-electron chi connectivity index (χ4n) is 3.41. The minimum Gasteiger partial charge on any atom is -0.785 e. The van der Waals surface area contributed by atoms with Crippen molar-refractivity contribution in [1.29, 1.82) is 5.26 Å². The average Bonchev–Trinajstić information content (AvgIpc) is 3.10. The van der Waals surface area contributed by atoms with Crippen LogP contribution in [-0.2, 0) is 17.9 Å². The number of rotatable bonds is 4. The lowest BCUT2D eigenvalue weighted by Gasteiger charge is -2.27. The Hall–Kier alpha value is -3.24. The molecule has 0 amide bonds. The van der Waals surface area contributed by atoms with Gasteiger partial charge >= 0.3 is 0 Å². The molecule has 0 bridgehead atoms. The largest absolute Gasteiger partial charge is 0.785 e. The fraction of sp³-hybridized carbons (Fsp3) is 0.182. The van der Waals surface area contributed by atoms with Crippen molar-refractivity contribution in [2.24, 2.45) is 4.99 Å². The molecule has 0 aliphatic carbocycles. The smallest absolute Gasteiger partial charge is 0.0991 e. The van der Waals surface area contributed by atoms with Crippen LogP contribution in [-0.4, -0.2) is 29.0 Å². The van der Waals surface area contributed by atoms with Crippen molar-refractivity contribution < 1.29 is 4.74 Å². The molecule has 140 valence electrons. The standard InChI is InChI=1S/C22H19N4O2/c1-28-15-20-6-3-9-26(20)19-7-8-21-18(11-19)13-25(27)14-22(24-21)17-5-2-4-16(10-17)12-23/h2-11H,13-15H2,1H3/q-1. The Bertz CT molecular complexity index is 1080. The Morgan fingerprint density at radius 3 is 2.86 bits per heavy atom. The van der Waals surface area contributed by atoms with Gasteiger partial charge in [-0.3, -0.25) is 4.99 Å². The second-order valence-corrected chi connectivity index (χ2v) is 6.66. The van der Waals surface area contributed by atoms with Crippen molar-refractivity contribution in [2.75, 3.05) is 13.7 Å². The van der Waals surface area contributed by atoms with E-state index in [-0.39, 0.29) is 13.1 Å². The van der Waals surface area contributed by atoms with Crippen molar-refractivity contribution in [3.8, 4) is 11.8 Å². The maximum Gasteiger partial charge on any atom is 0.0991 e. The zero-order valence-corrected chi connectivity index (χ0v) is 15.5. The van der Waals surface area contributed by atoms with Crippen molar-refractivity contribution in [3.05, 3.63) is 88.4 Å². The molecule has 0 N–H and O–H groups in total. The van der Waals surface area contributed by atoms with E-state index >= 15 is 0 Å². The highest BCUT2D eigenvalue weighted by Crippen LogP contribution is 2.28. The van der Waals surface area contributed by atoms with Gasteiger partial charge in [0.1, 0.15) is 0 Å². The average molecular weight is 371 g/mol. The van der Waals surface area contributed by atoms with Crippen LogP contribution in [0.2, 0.25) is 0 Å². The Kier molecular flexibility index (Phi) is 5.04. The van der Waals surface area contributed by atoms with Gasteiger partial charge in [0.25, 0.3) is 0 Å². The first kappa shape index (κ1) is 18.1. The number of benzene rings is 2. The van der Waals surface area contributed by atoms with Gasteiger partial charge in [0.2, 0.25) is 0 Å². The molecule has 6 heteroatoms. The van der Waals surface area contributed by atoms with Crippen molar-refractivity contribution in [2.45, 2.75) is 13.2 Å². The van der Waals surface area contributed by atoms with Crippen LogP contribution in [0.15, 0.2) is 65.8 Å². The predicted molar refractivity (Wildman–Crippen MR) is 108 cm³/mol. The lowest BCUT2D eigenvalue weighted by Crippen LogP contribution is -2.23. The van der Waals surface area contributed by atoms with Gasteiger partial charge in [0.15, 0.2) is 0 Å². The van der Waals surface area contributed by atoms with Crippen LogP contribution in [0.5, 0.6) is 0 Å². The molecule has 1 aliphatic rings. The molecule has 1 aliphatic heterocycles. The molecule has 6 nitrogen and oxygen atoms in total. The Morgan fingerprint density at radius 2 is 2.04 bits per heavy atom. The van der Waals surface area contributed by atoms with Crippen LogP contribution in [0.1, 0.15) is 22.4 Å².